The summed E-state index contributed by atoms with van der Waals surface area (Å²) in [6.45, 7) is 4.39. The van der Waals surface area contributed by atoms with Crippen LogP contribution in [-0.2, 0) is 6.54 Å². The summed E-state index contributed by atoms with van der Waals surface area (Å²) in [5.41, 5.74) is 2.33. The molecule has 0 radical (unpaired) electrons. The summed E-state index contributed by atoms with van der Waals surface area (Å²) in [7, 11) is 0. The third kappa shape index (κ3) is 3.51. The van der Waals surface area contributed by atoms with Crippen LogP contribution in [0.1, 0.15) is 24.8 Å². The zero-order valence-corrected chi connectivity index (χ0v) is 14.3. The topological polar surface area (TPSA) is 75.1 Å². The number of likely N-dealkylation sites (tertiary alicyclic amines) is 1. The van der Waals surface area contributed by atoms with Crippen LogP contribution in [0.25, 0.3) is 5.69 Å². The van der Waals surface area contributed by atoms with Crippen molar-refractivity contribution in [2.24, 2.45) is 5.41 Å². The van der Waals surface area contributed by atoms with Gasteiger partial charge in [-0.25, -0.2) is 14.5 Å². The monoisotopic (exact) mass is 340 g/mol. The van der Waals surface area contributed by atoms with Crippen LogP contribution in [0.5, 0.6) is 0 Å². The number of amides is 2. The second-order valence-corrected chi connectivity index (χ2v) is 7.12. The number of aromatic nitrogens is 3. The summed E-state index contributed by atoms with van der Waals surface area (Å²) >= 11 is 0. The van der Waals surface area contributed by atoms with E-state index in [-0.39, 0.29) is 6.03 Å². The largest absolute Gasteiger partial charge is 0.334 e. The number of rotatable bonds is 3. The van der Waals surface area contributed by atoms with Crippen molar-refractivity contribution < 1.29 is 4.79 Å². The number of hydrogen-bond acceptors (Lipinski definition) is 4. The second kappa shape index (κ2) is 6.84. The molecular weight excluding hydrogens is 316 g/mol. The molecule has 0 bridgehead atoms. The number of piperidine rings is 1. The molecule has 2 aliphatic rings. The Bertz CT molecular complexity index is 706. The summed E-state index contributed by atoms with van der Waals surface area (Å²) in [5, 5.41) is 10.6. The molecule has 25 heavy (non-hydrogen) atoms. The summed E-state index contributed by atoms with van der Waals surface area (Å²) < 4.78 is 1.71. The maximum absolute atomic E-state index is 12.5. The summed E-state index contributed by atoms with van der Waals surface area (Å²) in [6, 6.07) is 8.03. The smallest absolute Gasteiger partial charge is 0.317 e. The van der Waals surface area contributed by atoms with Crippen molar-refractivity contribution in [3.05, 3.63) is 42.5 Å². The lowest BCUT2D eigenvalue weighted by atomic mass is 9.79. The van der Waals surface area contributed by atoms with E-state index in [2.05, 4.69) is 20.7 Å². The van der Waals surface area contributed by atoms with Crippen molar-refractivity contribution in [3.63, 3.8) is 0 Å². The summed E-state index contributed by atoms with van der Waals surface area (Å²) in [5.74, 6) is 0. The van der Waals surface area contributed by atoms with Crippen LogP contribution < -0.4 is 10.6 Å². The first kappa shape index (κ1) is 16.1. The van der Waals surface area contributed by atoms with Crippen molar-refractivity contribution in [3.8, 4) is 5.69 Å². The molecule has 2 N–H and O–H groups in total. The lowest BCUT2D eigenvalue weighted by molar-refractivity contribution is 0.118. The van der Waals surface area contributed by atoms with E-state index in [0.29, 0.717) is 12.0 Å². The number of nitrogens with zero attached hydrogens (tertiary/aromatic N) is 4. The standard InChI is InChI=1S/C18H24N6O/c25-17(23-9-1-6-18(12-23)7-8-19-11-18)21-10-15-2-4-16(5-3-15)24-14-20-13-22-24/h2-5,13-14,19H,1,6-12H2,(H,21,25). The quantitative estimate of drug-likeness (QED) is 0.889. The molecule has 7 nitrogen and oxygen atoms in total. The molecule has 0 aliphatic carbocycles. The molecule has 0 saturated carbocycles. The highest BCUT2D eigenvalue weighted by Crippen LogP contribution is 2.35. The number of carbonyl (C=O) groups excluding carboxylic acids is 1. The van der Waals surface area contributed by atoms with Crippen LogP contribution in [0.3, 0.4) is 0 Å². The molecule has 2 aromatic rings. The Labute approximate surface area is 147 Å². The van der Waals surface area contributed by atoms with E-state index < -0.39 is 0 Å². The Morgan fingerprint density at radius 3 is 2.88 bits per heavy atom. The molecule has 7 heteroatoms. The Morgan fingerprint density at radius 1 is 1.28 bits per heavy atom. The van der Waals surface area contributed by atoms with E-state index in [1.807, 2.05) is 29.2 Å². The number of urea groups is 1. The molecular formula is C18H24N6O. The molecule has 3 heterocycles. The fourth-order valence-electron chi connectivity index (χ4n) is 3.92. The molecule has 4 rings (SSSR count). The Kier molecular flexibility index (Phi) is 4.40. The Hall–Kier alpha value is -2.41. The Balaban J connectivity index is 1.32. The van der Waals surface area contributed by atoms with Gasteiger partial charge in [0.25, 0.3) is 0 Å². The van der Waals surface area contributed by atoms with Gasteiger partial charge in [0.2, 0.25) is 0 Å². The third-order valence-corrected chi connectivity index (χ3v) is 5.34. The van der Waals surface area contributed by atoms with Gasteiger partial charge in [-0.05, 0) is 43.5 Å². The van der Waals surface area contributed by atoms with E-state index in [4.69, 9.17) is 0 Å². The summed E-state index contributed by atoms with van der Waals surface area (Å²) in [6.07, 6.45) is 6.69. The van der Waals surface area contributed by atoms with Crippen molar-refractivity contribution in [2.45, 2.75) is 25.8 Å². The zero-order valence-electron chi connectivity index (χ0n) is 14.3. The van der Waals surface area contributed by atoms with Crippen LogP contribution in [0.15, 0.2) is 36.9 Å². The van der Waals surface area contributed by atoms with Gasteiger partial charge in [-0.3, -0.25) is 0 Å². The SMILES string of the molecule is O=C(NCc1ccc(-n2cncn2)cc1)N1CCCC2(CCNC2)C1. The van der Waals surface area contributed by atoms with Gasteiger partial charge in [0.1, 0.15) is 12.7 Å². The molecule has 2 amide bonds. The molecule has 2 fully saturated rings. The zero-order chi connectivity index (χ0) is 17.1. The minimum atomic E-state index is 0.0475. The first-order valence-electron chi connectivity index (χ1n) is 8.92. The van der Waals surface area contributed by atoms with Crippen molar-refractivity contribution in [1.29, 1.82) is 0 Å². The lowest BCUT2D eigenvalue weighted by Crippen LogP contribution is -2.50. The maximum Gasteiger partial charge on any atom is 0.317 e. The van der Waals surface area contributed by atoms with Gasteiger partial charge in [-0.2, -0.15) is 5.10 Å². The van der Waals surface area contributed by atoms with Crippen molar-refractivity contribution in [1.82, 2.24) is 30.3 Å². The highest BCUT2D eigenvalue weighted by molar-refractivity contribution is 5.74. The van der Waals surface area contributed by atoms with E-state index >= 15 is 0 Å². The minimum Gasteiger partial charge on any atom is -0.334 e. The van der Waals surface area contributed by atoms with Crippen LogP contribution in [0.4, 0.5) is 4.79 Å². The number of nitrogens with one attached hydrogen (secondary N) is 2. The second-order valence-electron chi connectivity index (χ2n) is 7.12. The number of carbonyl (C=O) groups is 1. The minimum absolute atomic E-state index is 0.0475. The highest BCUT2D eigenvalue weighted by Gasteiger charge is 2.39. The van der Waals surface area contributed by atoms with E-state index in [0.717, 1.165) is 43.9 Å². The highest BCUT2D eigenvalue weighted by atomic mass is 16.2. The molecule has 1 aromatic heterocycles. The molecule has 132 valence electrons. The van der Waals surface area contributed by atoms with Gasteiger partial charge >= 0.3 is 6.03 Å². The average Bonchev–Trinajstić information content (AvgIpc) is 3.33. The van der Waals surface area contributed by atoms with E-state index in [1.165, 1.54) is 19.2 Å². The molecule has 1 spiro atoms. The molecule has 1 unspecified atom stereocenters. The predicted molar refractivity (Wildman–Crippen MR) is 94.3 cm³/mol. The Morgan fingerprint density at radius 2 is 2.16 bits per heavy atom. The van der Waals surface area contributed by atoms with Crippen molar-refractivity contribution >= 4 is 6.03 Å². The maximum atomic E-state index is 12.5. The third-order valence-electron chi connectivity index (χ3n) is 5.34. The fourth-order valence-corrected chi connectivity index (χ4v) is 3.92. The van der Waals surface area contributed by atoms with Gasteiger partial charge in [0.05, 0.1) is 5.69 Å². The van der Waals surface area contributed by atoms with Gasteiger partial charge in [0, 0.05) is 31.6 Å². The van der Waals surface area contributed by atoms with Crippen LogP contribution in [0.2, 0.25) is 0 Å². The summed E-state index contributed by atoms with van der Waals surface area (Å²) in [4.78, 5) is 18.5. The first-order valence-corrected chi connectivity index (χ1v) is 8.92. The first-order chi connectivity index (χ1) is 12.2. The van der Waals surface area contributed by atoms with E-state index in [1.54, 1.807) is 11.0 Å². The van der Waals surface area contributed by atoms with Crippen LogP contribution in [-0.4, -0.2) is 51.9 Å². The number of hydrogen-bond donors (Lipinski definition) is 2. The number of benzene rings is 1. The van der Waals surface area contributed by atoms with Gasteiger partial charge in [-0.1, -0.05) is 12.1 Å². The normalized spacial score (nSPS) is 23.1. The predicted octanol–water partition coefficient (Wildman–Crippen LogP) is 1.55. The molecule has 2 saturated heterocycles. The van der Waals surface area contributed by atoms with Gasteiger partial charge in [0.15, 0.2) is 0 Å². The molecule has 1 atom stereocenters. The average molecular weight is 340 g/mol. The molecule has 2 aliphatic heterocycles. The van der Waals surface area contributed by atoms with E-state index in [9.17, 15) is 4.79 Å². The van der Waals surface area contributed by atoms with Crippen LogP contribution >= 0.6 is 0 Å². The lowest BCUT2D eigenvalue weighted by Gasteiger charge is -2.39. The fraction of sp³-hybridized carbons (Fsp3) is 0.500. The van der Waals surface area contributed by atoms with Gasteiger partial charge < -0.3 is 15.5 Å². The van der Waals surface area contributed by atoms with Crippen LogP contribution in [0, 0.1) is 5.41 Å². The van der Waals surface area contributed by atoms with Gasteiger partial charge in [-0.15, -0.1) is 0 Å². The molecule has 1 aromatic carbocycles. The van der Waals surface area contributed by atoms with Crippen molar-refractivity contribution in [2.75, 3.05) is 26.2 Å².